The van der Waals surface area contributed by atoms with Crippen LogP contribution in [0, 0.1) is 6.92 Å². The van der Waals surface area contributed by atoms with Crippen LogP contribution < -0.4 is 4.90 Å². The summed E-state index contributed by atoms with van der Waals surface area (Å²) in [6.45, 7) is 1.53. The maximum absolute atomic E-state index is 12.8. The molecule has 1 aliphatic rings. The van der Waals surface area contributed by atoms with E-state index in [1.807, 2.05) is 19.1 Å². The standard InChI is InChI=1S/C24H19N3O5S/c1-15-3-5-16(6-4-15)19(28)14-32-23(31)17-7-9-18(10-8-17)27-21(29)13-20(22(27)30)33-24-25-11-2-12-26-24/h2-12,20H,13-14H2,1H3. The molecule has 166 valence electrons. The van der Waals surface area contributed by atoms with Crippen molar-refractivity contribution in [2.45, 2.75) is 23.8 Å². The van der Waals surface area contributed by atoms with E-state index in [0.717, 1.165) is 22.2 Å². The molecule has 0 bridgehead atoms. The number of Topliss-reactive ketones (excluding diaryl/α,β-unsaturated/α-hetero) is 1. The predicted octanol–water partition coefficient (Wildman–Crippen LogP) is 3.25. The largest absolute Gasteiger partial charge is 0.454 e. The van der Waals surface area contributed by atoms with Crippen LogP contribution in [0.5, 0.6) is 0 Å². The summed E-state index contributed by atoms with van der Waals surface area (Å²) in [4.78, 5) is 59.0. The molecule has 8 nitrogen and oxygen atoms in total. The van der Waals surface area contributed by atoms with Crippen LogP contribution in [-0.4, -0.2) is 45.4 Å². The number of nitrogens with zero attached hydrogens (tertiary/aromatic N) is 3. The monoisotopic (exact) mass is 461 g/mol. The highest BCUT2D eigenvalue weighted by molar-refractivity contribution is 8.00. The van der Waals surface area contributed by atoms with Crippen molar-refractivity contribution in [2.24, 2.45) is 0 Å². The van der Waals surface area contributed by atoms with Gasteiger partial charge in [0.15, 0.2) is 17.5 Å². The summed E-state index contributed by atoms with van der Waals surface area (Å²) in [5.41, 5.74) is 2.05. The molecule has 9 heteroatoms. The van der Waals surface area contributed by atoms with Crippen molar-refractivity contribution in [3.05, 3.63) is 83.7 Å². The lowest BCUT2D eigenvalue weighted by Crippen LogP contribution is -2.31. The second-order valence-electron chi connectivity index (χ2n) is 7.32. The molecule has 1 saturated heterocycles. The molecule has 2 amide bonds. The Kier molecular flexibility index (Phi) is 6.60. The van der Waals surface area contributed by atoms with Gasteiger partial charge < -0.3 is 4.74 Å². The van der Waals surface area contributed by atoms with Gasteiger partial charge in [0, 0.05) is 24.4 Å². The zero-order chi connectivity index (χ0) is 23.4. The van der Waals surface area contributed by atoms with E-state index in [-0.39, 0.29) is 36.2 Å². The van der Waals surface area contributed by atoms with Gasteiger partial charge in [0.05, 0.1) is 11.3 Å². The molecule has 0 spiro atoms. The van der Waals surface area contributed by atoms with Gasteiger partial charge in [-0.15, -0.1) is 0 Å². The van der Waals surface area contributed by atoms with Gasteiger partial charge in [0.1, 0.15) is 5.25 Å². The number of imide groups is 1. The second kappa shape index (κ2) is 9.74. The number of amides is 2. The number of ether oxygens (including phenoxy) is 1. The molecule has 33 heavy (non-hydrogen) atoms. The van der Waals surface area contributed by atoms with Crippen LogP contribution in [0.1, 0.15) is 32.7 Å². The maximum atomic E-state index is 12.8. The Balaban J connectivity index is 1.37. The van der Waals surface area contributed by atoms with Crippen LogP contribution >= 0.6 is 11.8 Å². The number of aryl methyl sites for hydroxylation is 1. The van der Waals surface area contributed by atoms with Gasteiger partial charge in [-0.3, -0.25) is 14.4 Å². The zero-order valence-corrected chi connectivity index (χ0v) is 18.5. The van der Waals surface area contributed by atoms with Crippen LogP contribution in [-0.2, 0) is 14.3 Å². The molecular formula is C24H19N3O5S. The number of esters is 1. The number of aromatic nitrogens is 2. The predicted molar refractivity (Wildman–Crippen MR) is 121 cm³/mol. The molecule has 1 aromatic heterocycles. The fraction of sp³-hybridized carbons (Fsp3) is 0.167. The Hall–Kier alpha value is -3.85. The third kappa shape index (κ3) is 5.15. The van der Waals surface area contributed by atoms with Gasteiger partial charge in [-0.1, -0.05) is 41.6 Å². The van der Waals surface area contributed by atoms with Crippen LogP contribution in [0.4, 0.5) is 5.69 Å². The van der Waals surface area contributed by atoms with E-state index in [1.54, 1.807) is 30.6 Å². The van der Waals surface area contributed by atoms with E-state index in [1.165, 1.54) is 24.3 Å². The average molecular weight is 461 g/mol. The first-order valence-electron chi connectivity index (χ1n) is 10.1. The number of hydrogen-bond acceptors (Lipinski definition) is 8. The normalized spacial score (nSPS) is 15.5. The minimum absolute atomic E-state index is 0.0344. The van der Waals surface area contributed by atoms with Gasteiger partial charge in [-0.25, -0.2) is 19.7 Å². The molecule has 2 heterocycles. The lowest BCUT2D eigenvalue weighted by Gasteiger charge is -2.15. The molecule has 3 aromatic rings. The summed E-state index contributed by atoms with van der Waals surface area (Å²) in [6.07, 6.45) is 3.17. The van der Waals surface area contributed by atoms with Crippen molar-refractivity contribution < 1.29 is 23.9 Å². The molecule has 1 fully saturated rings. The molecule has 1 atom stereocenters. The van der Waals surface area contributed by atoms with Crippen molar-refractivity contribution >= 4 is 41.0 Å². The number of anilines is 1. The fourth-order valence-corrected chi connectivity index (χ4v) is 4.15. The van der Waals surface area contributed by atoms with Crippen LogP contribution in [0.3, 0.4) is 0 Å². The number of carbonyl (C=O) groups excluding carboxylic acids is 4. The summed E-state index contributed by atoms with van der Waals surface area (Å²) in [6, 6.07) is 14.6. The number of rotatable bonds is 7. The summed E-state index contributed by atoms with van der Waals surface area (Å²) in [5, 5.41) is -0.193. The summed E-state index contributed by atoms with van der Waals surface area (Å²) in [5.74, 6) is -1.68. The molecular weight excluding hydrogens is 442 g/mol. The third-order valence-electron chi connectivity index (χ3n) is 4.96. The Morgan fingerprint density at radius 2 is 1.64 bits per heavy atom. The molecule has 0 radical (unpaired) electrons. The van der Waals surface area contributed by atoms with Gasteiger partial charge >= 0.3 is 5.97 Å². The van der Waals surface area contributed by atoms with Crippen molar-refractivity contribution in [1.29, 1.82) is 0 Å². The highest BCUT2D eigenvalue weighted by atomic mass is 32.2. The van der Waals surface area contributed by atoms with Gasteiger partial charge in [0.2, 0.25) is 11.8 Å². The van der Waals surface area contributed by atoms with Crippen molar-refractivity contribution in [2.75, 3.05) is 11.5 Å². The first-order chi connectivity index (χ1) is 15.9. The second-order valence-corrected chi connectivity index (χ2v) is 8.49. The Labute approximate surface area is 194 Å². The number of benzene rings is 2. The molecule has 0 saturated carbocycles. The Bertz CT molecular complexity index is 1200. The highest BCUT2D eigenvalue weighted by Gasteiger charge is 2.40. The smallest absolute Gasteiger partial charge is 0.338 e. The van der Waals surface area contributed by atoms with Crippen LogP contribution in [0.15, 0.2) is 72.1 Å². The van der Waals surface area contributed by atoms with Crippen LogP contribution in [0.2, 0.25) is 0 Å². The zero-order valence-electron chi connectivity index (χ0n) is 17.6. The minimum Gasteiger partial charge on any atom is -0.454 e. The van der Waals surface area contributed by atoms with E-state index in [9.17, 15) is 19.2 Å². The van der Waals surface area contributed by atoms with Crippen molar-refractivity contribution in [1.82, 2.24) is 9.97 Å². The molecule has 4 rings (SSSR count). The van der Waals surface area contributed by atoms with Crippen molar-refractivity contribution in [3.63, 3.8) is 0 Å². The molecule has 1 aliphatic heterocycles. The van der Waals surface area contributed by atoms with E-state index in [2.05, 4.69) is 9.97 Å². The van der Waals surface area contributed by atoms with E-state index in [0.29, 0.717) is 16.4 Å². The Morgan fingerprint density at radius 1 is 1.00 bits per heavy atom. The summed E-state index contributed by atoms with van der Waals surface area (Å²) < 4.78 is 5.11. The molecule has 2 aromatic carbocycles. The SMILES string of the molecule is Cc1ccc(C(=O)COC(=O)c2ccc(N3C(=O)CC(Sc4ncccn4)C3=O)cc2)cc1. The molecule has 0 N–H and O–H groups in total. The minimum atomic E-state index is -0.671. The molecule has 1 unspecified atom stereocenters. The quantitative estimate of drug-likeness (QED) is 0.228. The topological polar surface area (TPSA) is 107 Å². The highest BCUT2D eigenvalue weighted by Crippen LogP contribution is 2.32. The van der Waals surface area contributed by atoms with E-state index < -0.39 is 11.2 Å². The number of ketones is 1. The number of thioether (sulfide) groups is 1. The first kappa shape index (κ1) is 22.3. The van der Waals surface area contributed by atoms with Crippen molar-refractivity contribution in [3.8, 4) is 0 Å². The molecule has 0 aliphatic carbocycles. The Morgan fingerprint density at radius 3 is 2.30 bits per heavy atom. The summed E-state index contributed by atoms with van der Waals surface area (Å²) in [7, 11) is 0. The third-order valence-corrected chi connectivity index (χ3v) is 6.04. The first-order valence-corrected chi connectivity index (χ1v) is 11.0. The van der Waals surface area contributed by atoms with E-state index in [4.69, 9.17) is 4.74 Å². The number of carbonyl (C=O) groups is 4. The average Bonchev–Trinajstić information content (AvgIpc) is 3.11. The van der Waals surface area contributed by atoms with Gasteiger partial charge in [0.25, 0.3) is 0 Å². The number of hydrogen-bond donors (Lipinski definition) is 0. The lowest BCUT2D eigenvalue weighted by molar-refractivity contribution is -0.121. The van der Waals surface area contributed by atoms with E-state index >= 15 is 0 Å². The summed E-state index contributed by atoms with van der Waals surface area (Å²) >= 11 is 1.14. The van der Waals surface area contributed by atoms with Crippen LogP contribution in [0.25, 0.3) is 0 Å². The fourth-order valence-electron chi connectivity index (χ4n) is 3.22. The van der Waals surface area contributed by atoms with Gasteiger partial charge in [-0.05, 0) is 37.3 Å². The maximum Gasteiger partial charge on any atom is 0.338 e. The lowest BCUT2D eigenvalue weighted by atomic mass is 10.1. The van der Waals surface area contributed by atoms with Gasteiger partial charge in [-0.2, -0.15) is 0 Å².